The number of para-hydroxylation sites is 1. The van der Waals surface area contributed by atoms with E-state index in [-0.39, 0.29) is 17.5 Å². The van der Waals surface area contributed by atoms with E-state index >= 15 is 0 Å². The standard InChI is InChI=1S/C24H25ClN4O5.H2O/c1-31-23-16(25)3-2-4-18(23)29-22-20-17(6-8-27-24(20)30)28-21(22)15-5-7-26-11-19(15)34-13-14-12-32-9-10-33-14;/h2-5,7,11,14,28-29H,6,8-10,12-13H2,1H3,(H,27,30);1H2/t14-;/m0./s1. The highest BCUT2D eigenvalue weighted by atomic mass is 35.5. The molecule has 0 bridgehead atoms. The summed E-state index contributed by atoms with van der Waals surface area (Å²) in [5.41, 5.74) is 4.12. The largest absolute Gasteiger partial charge is 0.493 e. The SMILES string of the molecule is COc1c(Cl)cccc1Nc1c(-c2ccncc2OC[C@@H]2COCCO2)[nH]c2c1C(=O)NCC2.O. The molecule has 2 aliphatic heterocycles. The summed E-state index contributed by atoms with van der Waals surface area (Å²) in [6, 6.07) is 7.26. The van der Waals surface area contributed by atoms with Crippen LogP contribution in [-0.2, 0) is 15.9 Å². The van der Waals surface area contributed by atoms with Crippen LogP contribution in [0.4, 0.5) is 11.4 Å². The Morgan fingerprint density at radius 2 is 2.17 bits per heavy atom. The molecule has 0 radical (unpaired) electrons. The molecule has 0 saturated carbocycles. The van der Waals surface area contributed by atoms with Crippen molar-refractivity contribution in [3.05, 3.63) is 52.9 Å². The first-order chi connectivity index (χ1) is 16.7. The fourth-order valence-corrected chi connectivity index (χ4v) is 4.42. The number of nitrogens with one attached hydrogen (secondary N) is 3. The molecule has 186 valence electrons. The molecule has 10 nitrogen and oxygen atoms in total. The van der Waals surface area contributed by atoms with Crippen LogP contribution in [-0.4, -0.2) is 67.5 Å². The number of anilines is 2. The number of carbonyl (C=O) groups excluding carboxylic acids is 1. The van der Waals surface area contributed by atoms with E-state index in [0.29, 0.717) is 78.5 Å². The lowest BCUT2D eigenvalue weighted by molar-refractivity contribution is -0.101. The average molecular weight is 503 g/mol. The van der Waals surface area contributed by atoms with Gasteiger partial charge in [0.2, 0.25) is 0 Å². The van der Waals surface area contributed by atoms with Gasteiger partial charge in [0.05, 0.1) is 60.8 Å². The quantitative estimate of drug-likeness (QED) is 0.451. The summed E-state index contributed by atoms with van der Waals surface area (Å²) in [5.74, 6) is 0.898. The summed E-state index contributed by atoms with van der Waals surface area (Å²) in [4.78, 5) is 20.6. The van der Waals surface area contributed by atoms with Crippen LogP contribution in [0, 0.1) is 0 Å². The van der Waals surface area contributed by atoms with Crippen molar-refractivity contribution in [2.24, 2.45) is 0 Å². The topological polar surface area (TPSA) is 138 Å². The third-order valence-corrected chi connectivity index (χ3v) is 6.06. The van der Waals surface area contributed by atoms with Crippen LogP contribution in [0.15, 0.2) is 36.7 Å². The number of ether oxygens (including phenoxy) is 4. The number of carbonyl (C=O) groups is 1. The number of halogens is 1. The molecule has 4 heterocycles. The van der Waals surface area contributed by atoms with Crippen molar-refractivity contribution in [2.45, 2.75) is 12.5 Å². The van der Waals surface area contributed by atoms with E-state index in [0.717, 1.165) is 11.3 Å². The fraction of sp³-hybridized carbons (Fsp3) is 0.333. The highest BCUT2D eigenvalue weighted by Crippen LogP contribution is 2.42. The van der Waals surface area contributed by atoms with E-state index in [1.807, 2.05) is 18.2 Å². The number of aromatic nitrogens is 2. The Hall–Kier alpha value is -3.31. The van der Waals surface area contributed by atoms with Gasteiger partial charge in [-0.25, -0.2) is 0 Å². The van der Waals surface area contributed by atoms with Crippen LogP contribution in [0.25, 0.3) is 11.3 Å². The minimum atomic E-state index is -0.156. The predicted octanol–water partition coefficient (Wildman–Crippen LogP) is 2.74. The number of methoxy groups -OCH3 is 1. The Morgan fingerprint density at radius 3 is 2.97 bits per heavy atom. The van der Waals surface area contributed by atoms with E-state index < -0.39 is 0 Å². The lowest BCUT2D eigenvalue weighted by atomic mass is 10.0. The van der Waals surface area contributed by atoms with E-state index in [2.05, 4.69) is 20.6 Å². The Balaban J connectivity index is 0.00000289. The molecule has 1 fully saturated rings. The van der Waals surface area contributed by atoms with E-state index in [9.17, 15) is 4.79 Å². The fourth-order valence-electron chi connectivity index (χ4n) is 4.17. The Morgan fingerprint density at radius 1 is 1.29 bits per heavy atom. The normalized spacial score (nSPS) is 17.1. The minimum Gasteiger partial charge on any atom is -0.493 e. The minimum absolute atomic E-state index is 0. The molecule has 1 amide bonds. The third kappa shape index (κ3) is 5.06. The van der Waals surface area contributed by atoms with Gasteiger partial charge in [-0.05, 0) is 18.2 Å². The maximum absolute atomic E-state index is 12.9. The Bertz CT molecular complexity index is 1190. The summed E-state index contributed by atoms with van der Waals surface area (Å²) in [5, 5.41) is 6.77. The lowest BCUT2D eigenvalue weighted by Gasteiger charge is -2.23. The summed E-state index contributed by atoms with van der Waals surface area (Å²) >= 11 is 6.34. The summed E-state index contributed by atoms with van der Waals surface area (Å²) in [6.45, 7) is 2.50. The smallest absolute Gasteiger partial charge is 0.255 e. The number of amides is 1. The maximum atomic E-state index is 12.9. The second-order valence-electron chi connectivity index (χ2n) is 7.93. The average Bonchev–Trinajstić information content (AvgIpc) is 3.23. The number of aromatic amines is 1. The highest BCUT2D eigenvalue weighted by Gasteiger charge is 2.29. The Kier molecular flexibility index (Phi) is 7.76. The molecule has 11 heteroatoms. The summed E-state index contributed by atoms with van der Waals surface area (Å²) < 4.78 is 22.8. The predicted molar refractivity (Wildman–Crippen MR) is 131 cm³/mol. The molecule has 1 atom stereocenters. The van der Waals surface area contributed by atoms with Gasteiger partial charge in [-0.2, -0.15) is 0 Å². The number of hydrogen-bond donors (Lipinski definition) is 3. The number of pyridine rings is 1. The Labute approximate surface area is 207 Å². The molecule has 1 aromatic carbocycles. The number of H-pyrrole nitrogens is 1. The molecular formula is C24H27ClN4O6. The third-order valence-electron chi connectivity index (χ3n) is 5.76. The molecule has 0 aliphatic carbocycles. The van der Waals surface area contributed by atoms with Crippen molar-refractivity contribution in [1.82, 2.24) is 15.3 Å². The maximum Gasteiger partial charge on any atom is 0.255 e. The molecule has 2 aliphatic rings. The van der Waals surface area contributed by atoms with Crippen LogP contribution in [0.2, 0.25) is 5.02 Å². The second-order valence-corrected chi connectivity index (χ2v) is 8.34. The number of nitrogens with zero attached hydrogens (tertiary/aromatic N) is 1. The van der Waals surface area contributed by atoms with Gasteiger partial charge in [-0.3, -0.25) is 9.78 Å². The monoisotopic (exact) mass is 502 g/mol. The van der Waals surface area contributed by atoms with Gasteiger partial charge in [-0.1, -0.05) is 17.7 Å². The zero-order valence-electron chi connectivity index (χ0n) is 19.2. The van der Waals surface area contributed by atoms with Gasteiger partial charge in [-0.15, -0.1) is 0 Å². The van der Waals surface area contributed by atoms with Crippen molar-refractivity contribution in [1.29, 1.82) is 0 Å². The first kappa shape index (κ1) is 24.8. The zero-order valence-corrected chi connectivity index (χ0v) is 19.9. The number of hydrogen-bond acceptors (Lipinski definition) is 7. The van der Waals surface area contributed by atoms with Crippen molar-refractivity contribution >= 4 is 28.9 Å². The van der Waals surface area contributed by atoms with Crippen LogP contribution >= 0.6 is 11.6 Å². The molecular weight excluding hydrogens is 476 g/mol. The molecule has 5 rings (SSSR count). The van der Waals surface area contributed by atoms with E-state index in [4.69, 9.17) is 30.5 Å². The molecule has 0 spiro atoms. The number of rotatable bonds is 7. The second kappa shape index (κ2) is 11.0. The van der Waals surface area contributed by atoms with Gasteiger partial charge in [0, 0.05) is 30.4 Å². The van der Waals surface area contributed by atoms with Crippen LogP contribution in [0.3, 0.4) is 0 Å². The van der Waals surface area contributed by atoms with Crippen molar-refractivity contribution in [3.8, 4) is 22.8 Å². The lowest BCUT2D eigenvalue weighted by Crippen LogP contribution is -2.33. The first-order valence-corrected chi connectivity index (χ1v) is 11.4. The molecule has 0 unspecified atom stereocenters. The van der Waals surface area contributed by atoms with Gasteiger partial charge in [0.15, 0.2) is 5.75 Å². The molecule has 3 aromatic rings. The van der Waals surface area contributed by atoms with Gasteiger partial charge < -0.3 is 40.0 Å². The van der Waals surface area contributed by atoms with Crippen molar-refractivity contribution < 1.29 is 29.2 Å². The van der Waals surface area contributed by atoms with E-state index in [1.54, 1.807) is 25.6 Å². The molecule has 2 aromatic heterocycles. The number of fused-ring (bicyclic) bond motifs is 1. The van der Waals surface area contributed by atoms with Crippen molar-refractivity contribution in [2.75, 3.05) is 45.4 Å². The van der Waals surface area contributed by atoms with Crippen molar-refractivity contribution in [3.63, 3.8) is 0 Å². The first-order valence-electron chi connectivity index (χ1n) is 11.0. The summed E-state index contributed by atoms with van der Waals surface area (Å²) in [6.07, 6.45) is 3.86. The summed E-state index contributed by atoms with van der Waals surface area (Å²) in [7, 11) is 1.55. The van der Waals surface area contributed by atoms with Gasteiger partial charge in [0.25, 0.3) is 5.91 Å². The molecule has 1 saturated heterocycles. The van der Waals surface area contributed by atoms with Gasteiger partial charge in [0.1, 0.15) is 18.5 Å². The van der Waals surface area contributed by atoms with Crippen LogP contribution < -0.4 is 20.1 Å². The number of benzene rings is 1. The zero-order chi connectivity index (χ0) is 23.5. The van der Waals surface area contributed by atoms with Gasteiger partial charge >= 0.3 is 0 Å². The highest BCUT2D eigenvalue weighted by molar-refractivity contribution is 6.32. The molecule has 35 heavy (non-hydrogen) atoms. The van der Waals surface area contributed by atoms with Crippen LogP contribution in [0.5, 0.6) is 11.5 Å². The molecule has 5 N–H and O–H groups in total. The van der Waals surface area contributed by atoms with Crippen LogP contribution in [0.1, 0.15) is 16.1 Å². The van der Waals surface area contributed by atoms with E-state index in [1.165, 1.54) is 0 Å².